The minimum absolute atomic E-state index is 0.196. The van der Waals surface area contributed by atoms with Gasteiger partial charge in [-0.25, -0.2) is 4.39 Å². The van der Waals surface area contributed by atoms with Crippen LogP contribution in [0, 0.1) is 5.82 Å². The lowest BCUT2D eigenvalue weighted by Crippen LogP contribution is -2.27. The van der Waals surface area contributed by atoms with Gasteiger partial charge in [-0.1, -0.05) is 12.1 Å². The molecule has 0 fully saturated rings. The Morgan fingerprint density at radius 2 is 1.95 bits per heavy atom. The number of benzene rings is 2. The van der Waals surface area contributed by atoms with Crippen LogP contribution in [0.5, 0.6) is 5.75 Å². The van der Waals surface area contributed by atoms with E-state index >= 15 is 0 Å². The van der Waals surface area contributed by atoms with Crippen LogP contribution in [-0.4, -0.2) is 12.5 Å². The van der Waals surface area contributed by atoms with E-state index < -0.39 is 5.82 Å². The highest BCUT2D eigenvalue weighted by atomic mass is 79.9. The van der Waals surface area contributed by atoms with E-state index in [2.05, 4.69) is 21.2 Å². The predicted molar refractivity (Wildman–Crippen MR) is 87.6 cm³/mol. The van der Waals surface area contributed by atoms with Crippen LogP contribution in [0.4, 0.5) is 4.39 Å². The fraction of sp³-hybridized carbons (Fsp3) is 0.235. The number of hydrogen-bond donors (Lipinski definition) is 1. The number of halogens is 2. The standard InChI is InChI=1S/C17H17BrFNO2/c1-3-22-14-7-4-12(5-8-14)11(2)20-17(21)15-10-13(19)6-9-16(15)18/h4-11H,3H2,1-2H3,(H,20,21). The Hall–Kier alpha value is -1.88. The first-order valence-corrected chi connectivity index (χ1v) is 7.79. The van der Waals surface area contributed by atoms with Gasteiger partial charge >= 0.3 is 0 Å². The Kier molecular flexibility index (Phi) is 5.55. The minimum atomic E-state index is -0.443. The summed E-state index contributed by atoms with van der Waals surface area (Å²) in [5.41, 5.74) is 1.22. The third-order valence-corrected chi connectivity index (χ3v) is 3.90. The summed E-state index contributed by atoms with van der Waals surface area (Å²) in [6.07, 6.45) is 0. The number of carbonyl (C=O) groups excluding carboxylic acids is 1. The molecule has 0 spiro atoms. The highest BCUT2D eigenvalue weighted by molar-refractivity contribution is 9.10. The summed E-state index contributed by atoms with van der Waals surface area (Å²) < 4.78 is 19.2. The first-order chi connectivity index (χ1) is 10.5. The molecule has 1 N–H and O–H groups in total. The Labute approximate surface area is 137 Å². The molecule has 0 heterocycles. The molecule has 2 rings (SSSR count). The largest absolute Gasteiger partial charge is 0.494 e. The summed E-state index contributed by atoms with van der Waals surface area (Å²) in [7, 11) is 0. The van der Waals surface area contributed by atoms with E-state index in [-0.39, 0.29) is 17.5 Å². The molecule has 0 aliphatic carbocycles. The van der Waals surface area contributed by atoms with E-state index in [9.17, 15) is 9.18 Å². The highest BCUT2D eigenvalue weighted by Crippen LogP contribution is 2.21. The molecule has 1 atom stereocenters. The van der Waals surface area contributed by atoms with Crippen LogP contribution in [0.25, 0.3) is 0 Å². The summed E-state index contributed by atoms with van der Waals surface area (Å²) in [5.74, 6) is 0.0208. The van der Waals surface area contributed by atoms with E-state index in [1.807, 2.05) is 38.1 Å². The van der Waals surface area contributed by atoms with E-state index in [1.165, 1.54) is 18.2 Å². The van der Waals surface area contributed by atoms with Crippen LogP contribution in [0.3, 0.4) is 0 Å². The van der Waals surface area contributed by atoms with Gasteiger partial charge in [-0.3, -0.25) is 4.79 Å². The zero-order chi connectivity index (χ0) is 16.1. The second-order valence-electron chi connectivity index (χ2n) is 4.82. The average molecular weight is 366 g/mol. The predicted octanol–water partition coefficient (Wildman–Crippen LogP) is 4.48. The molecule has 2 aromatic rings. The maximum atomic E-state index is 13.3. The molecule has 22 heavy (non-hydrogen) atoms. The highest BCUT2D eigenvalue weighted by Gasteiger charge is 2.15. The van der Waals surface area contributed by atoms with E-state index in [4.69, 9.17) is 4.74 Å². The molecule has 0 aromatic heterocycles. The van der Waals surface area contributed by atoms with Gasteiger partial charge in [-0.15, -0.1) is 0 Å². The van der Waals surface area contributed by atoms with Crippen molar-refractivity contribution in [1.29, 1.82) is 0 Å². The number of ether oxygens (including phenoxy) is 1. The minimum Gasteiger partial charge on any atom is -0.494 e. The van der Waals surface area contributed by atoms with E-state index in [1.54, 1.807) is 0 Å². The van der Waals surface area contributed by atoms with Crippen molar-refractivity contribution in [2.75, 3.05) is 6.61 Å². The maximum Gasteiger partial charge on any atom is 0.253 e. The van der Waals surface area contributed by atoms with Gasteiger partial charge in [0.15, 0.2) is 0 Å². The molecule has 0 aliphatic rings. The van der Waals surface area contributed by atoms with Gasteiger partial charge in [0.1, 0.15) is 11.6 Å². The topological polar surface area (TPSA) is 38.3 Å². The number of rotatable bonds is 5. The van der Waals surface area contributed by atoms with Gasteiger partial charge in [0, 0.05) is 4.47 Å². The molecular formula is C17H17BrFNO2. The molecule has 0 bridgehead atoms. The Morgan fingerprint density at radius 1 is 1.27 bits per heavy atom. The van der Waals surface area contributed by atoms with Crippen LogP contribution in [0.1, 0.15) is 35.8 Å². The summed E-state index contributed by atoms with van der Waals surface area (Å²) in [5, 5.41) is 2.86. The molecular weight excluding hydrogens is 349 g/mol. The van der Waals surface area contributed by atoms with Gasteiger partial charge in [0.25, 0.3) is 5.91 Å². The second-order valence-corrected chi connectivity index (χ2v) is 5.68. The van der Waals surface area contributed by atoms with Crippen molar-refractivity contribution in [1.82, 2.24) is 5.32 Å². The van der Waals surface area contributed by atoms with Crippen LogP contribution in [-0.2, 0) is 0 Å². The van der Waals surface area contributed by atoms with E-state index in [0.717, 1.165) is 11.3 Å². The first-order valence-electron chi connectivity index (χ1n) is 7.00. The maximum absolute atomic E-state index is 13.3. The fourth-order valence-corrected chi connectivity index (χ4v) is 2.48. The van der Waals surface area contributed by atoms with Crippen molar-refractivity contribution < 1.29 is 13.9 Å². The van der Waals surface area contributed by atoms with Crippen LogP contribution >= 0.6 is 15.9 Å². The summed E-state index contributed by atoms with van der Waals surface area (Å²) >= 11 is 3.26. The number of nitrogens with one attached hydrogen (secondary N) is 1. The molecule has 5 heteroatoms. The lowest BCUT2D eigenvalue weighted by molar-refractivity contribution is 0.0938. The number of carbonyl (C=O) groups is 1. The Balaban J connectivity index is 2.09. The average Bonchev–Trinajstić information content (AvgIpc) is 2.50. The first kappa shape index (κ1) is 16.5. The quantitative estimate of drug-likeness (QED) is 0.848. The Morgan fingerprint density at radius 3 is 2.59 bits per heavy atom. The smallest absolute Gasteiger partial charge is 0.253 e. The number of amides is 1. The molecule has 2 aromatic carbocycles. The molecule has 0 saturated carbocycles. The van der Waals surface area contributed by atoms with Crippen molar-refractivity contribution in [3.8, 4) is 5.75 Å². The number of hydrogen-bond acceptors (Lipinski definition) is 2. The Bertz CT molecular complexity index is 658. The van der Waals surface area contributed by atoms with Crippen molar-refractivity contribution in [2.24, 2.45) is 0 Å². The normalized spacial score (nSPS) is 11.8. The molecule has 116 valence electrons. The lowest BCUT2D eigenvalue weighted by atomic mass is 10.1. The van der Waals surface area contributed by atoms with Gasteiger partial charge in [0.2, 0.25) is 0 Å². The summed E-state index contributed by atoms with van der Waals surface area (Å²) in [4.78, 5) is 12.2. The third kappa shape index (κ3) is 4.07. The summed E-state index contributed by atoms with van der Waals surface area (Å²) in [6, 6.07) is 11.4. The molecule has 1 unspecified atom stereocenters. The summed E-state index contributed by atoms with van der Waals surface area (Å²) in [6.45, 7) is 4.41. The van der Waals surface area contributed by atoms with Crippen molar-refractivity contribution >= 4 is 21.8 Å². The second kappa shape index (κ2) is 7.40. The van der Waals surface area contributed by atoms with Crippen LogP contribution < -0.4 is 10.1 Å². The fourth-order valence-electron chi connectivity index (χ4n) is 2.05. The van der Waals surface area contributed by atoms with Gasteiger partial charge < -0.3 is 10.1 Å². The zero-order valence-corrected chi connectivity index (χ0v) is 14.0. The SMILES string of the molecule is CCOc1ccc(C(C)NC(=O)c2cc(F)ccc2Br)cc1. The zero-order valence-electron chi connectivity index (χ0n) is 12.4. The monoisotopic (exact) mass is 365 g/mol. The lowest BCUT2D eigenvalue weighted by Gasteiger charge is -2.15. The van der Waals surface area contributed by atoms with Crippen LogP contribution in [0.2, 0.25) is 0 Å². The third-order valence-electron chi connectivity index (χ3n) is 3.21. The molecule has 1 amide bonds. The molecule has 3 nitrogen and oxygen atoms in total. The molecule has 0 saturated heterocycles. The van der Waals surface area contributed by atoms with Gasteiger partial charge in [-0.05, 0) is 65.7 Å². The van der Waals surface area contributed by atoms with Gasteiger partial charge in [-0.2, -0.15) is 0 Å². The van der Waals surface area contributed by atoms with Crippen molar-refractivity contribution in [3.63, 3.8) is 0 Å². The molecule has 0 radical (unpaired) electrons. The van der Waals surface area contributed by atoms with Crippen molar-refractivity contribution in [3.05, 3.63) is 63.9 Å². The van der Waals surface area contributed by atoms with E-state index in [0.29, 0.717) is 11.1 Å². The van der Waals surface area contributed by atoms with Crippen molar-refractivity contribution in [2.45, 2.75) is 19.9 Å². The van der Waals surface area contributed by atoms with Crippen LogP contribution in [0.15, 0.2) is 46.9 Å². The molecule has 0 aliphatic heterocycles. The van der Waals surface area contributed by atoms with Gasteiger partial charge in [0.05, 0.1) is 18.2 Å².